The maximum absolute atomic E-state index is 8.90. The summed E-state index contributed by atoms with van der Waals surface area (Å²) in [4.78, 5) is 2.39. The Labute approximate surface area is 139 Å². The number of rotatable bonds is 8. The van der Waals surface area contributed by atoms with Crippen molar-refractivity contribution in [2.45, 2.75) is 45.3 Å². The van der Waals surface area contributed by atoms with Crippen molar-refractivity contribution >= 4 is 0 Å². The average molecular weight is 322 g/mol. The van der Waals surface area contributed by atoms with Crippen molar-refractivity contribution in [2.75, 3.05) is 34.4 Å². The highest BCUT2D eigenvalue weighted by atomic mass is 16.5. The van der Waals surface area contributed by atoms with Gasteiger partial charge in [-0.05, 0) is 38.9 Å². The molecule has 1 aliphatic heterocycles. The van der Waals surface area contributed by atoms with Gasteiger partial charge in [-0.25, -0.2) is 0 Å². The van der Waals surface area contributed by atoms with E-state index in [1.165, 1.54) is 11.1 Å². The zero-order valence-corrected chi connectivity index (χ0v) is 14.8. The second-order valence-corrected chi connectivity index (χ2v) is 6.16. The van der Waals surface area contributed by atoms with E-state index in [0.29, 0.717) is 6.04 Å². The number of nitrogens with zero attached hydrogens (tertiary/aromatic N) is 1. The maximum Gasteiger partial charge on any atom is 0.127 e. The van der Waals surface area contributed by atoms with E-state index in [9.17, 15) is 0 Å². The number of likely N-dealkylation sites (N-methyl/N-ethyl adjacent to an activating group) is 1. The van der Waals surface area contributed by atoms with Crippen LogP contribution in [0.15, 0.2) is 6.07 Å². The Morgan fingerprint density at radius 1 is 1.30 bits per heavy atom. The van der Waals surface area contributed by atoms with Gasteiger partial charge in [-0.1, -0.05) is 6.92 Å². The molecular weight excluding hydrogens is 292 g/mol. The molecule has 23 heavy (non-hydrogen) atoms. The van der Waals surface area contributed by atoms with E-state index in [2.05, 4.69) is 30.3 Å². The van der Waals surface area contributed by atoms with E-state index < -0.39 is 0 Å². The summed E-state index contributed by atoms with van der Waals surface area (Å²) < 4.78 is 11.4. The minimum Gasteiger partial charge on any atom is -0.496 e. The van der Waals surface area contributed by atoms with E-state index >= 15 is 0 Å². The lowest BCUT2D eigenvalue weighted by Gasteiger charge is -2.35. The fraction of sp³-hybridized carbons (Fsp3) is 0.667. The first-order valence-electron chi connectivity index (χ1n) is 8.43. The Morgan fingerprint density at radius 2 is 2.09 bits per heavy atom. The smallest absolute Gasteiger partial charge is 0.127 e. The Hall–Kier alpha value is -1.30. The highest BCUT2D eigenvalue weighted by Gasteiger charge is 2.28. The van der Waals surface area contributed by atoms with Crippen molar-refractivity contribution < 1.29 is 14.6 Å². The first-order chi connectivity index (χ1) is 11.2. The number of nitrogens with one attached hydrogen (secondary N) is 1. The number of methoxy groups -OCH3 is 2. The van der Waals surface area contributed by atoms with Gasteiger partial charge in [0, 0.05) is 42.4 Å². The molecule has 0 amide bonds. The predicted molar refractivity (Wildman–Crippen MR) is 92.2 cm³/mol. The number of ether oxygens (including phenoxy) is 2. The third kappa shape index (κ3) is 3.97. The lowest BCUT2D eigenvalue weighted by molar-refractivity contribution is 0.203. The molecule has 0 radical (unpaired) electrons. The molecule has 0 saturated heterocycles. The molecule has 0 spiro atoms. The third-order valence-corrected chi connectivity index (χ3v) is 4.73. The van der Waals surface area contributed by atoms with Crippen LogP contribution >= 0.6 is 0 Å². The number of hydrogen-bond donors (Lipinski definition) is 2. The molecule has 1 heterocycles. The number of fused-ring (bicyclic) bond motifs is 1. The molecule has 0 aliphatic carbocycles. The topological polar surface area (TPSA) is 54.0 Å². The van der Waals surface area contributed by atoms with Gasteiger partial charge in [-0.3, -0.25) is 4.90 Å². The molecule has 2 rings (SSSR count). The van der Waals surface area contributed by atoms with Gasteiger partial charge >= 0.3 is 0 Å². The molecule has 1 aliphatic rings. The van der Waals surface area contributed by atoms with E-state index in [1.54, 1.807) is 14.2 Å². The second kappa shape index (κ2) is 8.52. The van der Waals surface area contributed by atoms with E-state index in [0.717, 1.165) is 56.0 Å². The molecule has 1 atom stereocenters. The Morgan fingerprint density at radius 3 is 2.70 bits per heavy atom. The van der Waals surface area contributed by atoms with Gasteiger partial charge in [0.1, 0.15) is 11.5 Å². The van der Waals surface area contributed by atoms with Crippen molar-refractivity contribution in [3.63, 3.8) is 0 Å². The summed E-state index contributed by atoms with van der Waals surface area (Å²) in [6, 6.07) is 2.63. The van der Waals surface area contributed by atoms with Gasteiger partial charge < -0.3 is 19.9 Å². The van der Waals surface area contributed by atoms with Crippen LogP contribution in [0.2, 0.25) is 0 Å². The van der Waals surface area contributed by atoms with Gasteiger partial charge in [0.05, 0.1) is 14.2 Å². The van der Waals surface area contributed by atoms with E-state index in [4.69, 9.17) is 14.6 Å². The maximum atomic E-state index is 8.90. The van der Waals surface area contributed by atoms with Gasteiger partial charge in [0.15, 0.2) is 0 Å². The Balaban J connectivity index is 2.34. The minimum atomic E-state index is 0.210. The van der Waals surface area contributed by atoms with E-state index in [-0.39, 0.29) is 6.61 Å². The molecule has 130 valence electrons. The van der Waals surface area contributed by atoms with Crippen LogP contribution in [0.25, 0.3) is 0 Å². The summed E-state index contributed by atoms with van der Waals surface area (Å²) in [5.41, 5.74) is 3.66. The molecule has 0 fully saturated rings. The van der Waals surface area contributed by atoms with Crippen LogP contribution in [-0.4, -0.2) is 50.5 Å². The molecule has 0 saturated carbocycles. The lowest BCUT2D eigenvalue weighted by Crippen LogP contribution is -2.37. The van der Waals surface area contributed by atoms with Crippen LogP contribution in [0.5, 0.6) is 11.5 Å². The monoisotopic (exact) mass is 322 g/mol. The molecule has 5 heteroatoms. The summed E-state index contributed by atoms with van der Waals surface area (Å²) in [5.74, 6) is 1.94. The SMILES string of the molecule is CCC1Cc2c(c(OC)cc(CNCCCO)c2OC)CN1C. The molecule has 5 nitrogen and oxygen atoms in total. The zero-order valence-electron chi connectivity index (χ0n) is 14.8. The lowest BCUT2D eigenvalue weighted by atomic mass is 9.89. The summed E-state index contributed by atoms with van der Waals surface area (Å²) in [6.45, 7) is 4.85. The number of aliphatic hydroxyl groups is 1. The molecule has 0 bridgehead atoms. The van der Waals surface area contributed by atoms with Crippen molar-refractivity contribution in [3.05, 3.63) is 22.8 Å². The average Bonchev–Trinajstić information content (AvgIpc) is 2.57. The molecule has 1 aromatic carbocycles. The largest absolute Gasteiger partial charge is 0.496 e. The van der Waals surface area contributed by atoms with Crippen LogP contribution in [0.1, 0.15) is 36.5 Å². The van der Waals surface area contributed by atoms with Gasteiger partial charge in [-0.2, -0.15) is 0 Å². The van der Waals surface area contributed by atoms with Gasteiger partial charge in [-0.15, -0.1) is 0 Å². The van der Waals surface area contributed by atoms with Crippen molar-refractivity contribution in [1.29, 1.82) is 0 Å². The Bertz CT molecular complexity index is 519. The molecule has 1 aromatic rings. The normalized spacial score (nSPS) is 17.9. The first-order valence-corrected chi connectivity index (χ1v) is 8.43. The number of aliphatic hydroxyl groups excluding tert-OH is 1. The van der Waals surface area contributed by atoms with Gasteiger partial charge in [0.2, 0.25) is 0 Å². The van der Waals surface area contributed by atoms with Crippen molar-refractivity contribution in [1.82, 2.24) is 10.2 Å². The summed E-state index contributed by atoms with van der Waals surface area (Å²) in [6.07, 6.45) is 2.87. The van der Waals surface area contributed by atoms with Crippen LogP contribution in [0, 0.1) is 0 Å². The second-order valence-electron chi connectivity index (χ2n) is 6.16. The van der Waals surface area contributed by atoms with Crippen molar-refractivity contribution in [2.24, 2.45) is 0 Å². The van der Waals surface area contributed by atoms with Gasteiger partial charge in [0.25, 0.3) is 0 Å². The zero-order chi connectivity index (χ0) is 16.8. The third-order valence-electron chi connectivity index (χ3n) is 4.73. The standard InChI is InChI=1S/C18H30N2O3/c1-5-14-10-15-16(12-20(14)2)17(22-3)9-13(18(15)23-4)11-19-7-6-8-21/h9,14,19,21H,5-8,10-12H2,1-4H3. The number of hydrogen-bond acceptors (Lipinski definition) is 5. The quantitative estimate of drug-likeness (QED) is 0.717. The minimum absolute atomic E-state index is 0.210. The molecular formula is C18H30N2O3. The predicted octanol–water partition coefficient (Wildman–Crippen LogP) is 1.94. The summed E-state index contributed by atoms with van der Waals surface area (Å²) >= 11 is 0. The molecule has 2 N–H and O–H groups in total. The Kier molecular flexibility index (Phi) is 6.69. The highest BCUT2D eigenvalue weighted by Crippen LogP contribution is 2.39. The van der Waals surface area contributed by atoms with Crippen molar-refractivity contribution in [3.8, 4) is 11.5 Å². The van der Waals surface area contributed by atoms with E-state index in [1.807, 2.05) is 0 Å². The molecule has 0 aromatic heterocycles. The summed E-state index contributed by atoms with van der Waals surface area (Å²) in [5, 5.41) is 12.3. The fourth-order valence-corrected chi connectivity index (χ4v) is 3.40. The van der Waals surface area contributed by atoms with Crippen LogP contribution in [0.4, 0.5) is 0 Å². The molecule has 1 unspecified atom stereocenters. The van der Waals surface area contributed by atoms with Crippen LogP contribution < -0.4 is 14.8 Å². The highest BCUT2D eigenvalue weighted by molar-refractivity contribution is 5.55. The number of benzene rings is 1. The first kappa shape index (κ1) is 18.0. The fourth-order valence-electron chi connectivity index (χ4n) is 3.40. The van der Waals surface area contributed by atoms with Crippen LogP contribution in [0.3, 0.4) is 0 Å². The van der Waals surface area contributed by atoms with Crippen LogP contribution in [-0.2, 0) is 19.5 Å². The summed E-state index contributed by atoms with van der Waals surface area (Å²) in [7, 11) is 5.66.